The molecule has 0 aromatic heterocycles. The highest BCUT2D eigenvalue weighted by molar-refractivity contribution is 6.35. The van der Waals surface area contributed by atoms with Gasteiger partial charge >= 0.3 is 18.0 Å². The van der Waals surface area contributed by atoms with Gasteiger partial charge in [-0.1, -0.05) is 46.2 Å². The average Bonchev–Trinajstić information content (AvgIpc) is 2.88. The van der Waals surface area contributed by atoms with E-state index in [1.54, 1.807) is 27.7 Å². The zero-order valence-electron chi connectivity index (χ0n) is 22.6. The van der Waals surface area contributed by atoms with Crippen LogP contribution in [0.4, 0.5) is 13.6 Å². The van der Waals surface area contributed by atoms with Crippen LogP contribution in [-0.4, -0.2) is 70.4 Å². The number of benzene rings is 1. The molecule has 40 heavy (non-hydrogen) atoms. The van der Waals surface area contributed by atoms with E-state index in [0.717, 1.165) is 0 Å². The minimum atomic E-state index is -3.08. The van der Waals surface area contributed by atoms with Crippen molar-refractivity contribution >= 4 is 35.6 Å². The van der Waals surface area contributed by atoms with Crippen molar-refractivity contribution in [2.75, 3.05) is 0 Å². The highest BCUT2D eigenvalue weighted by Gasteiger charge is 2.34. The van der Waals surface area contributed by atoms with Gasteiger partial charge in [-0.3, -0.25) is 14.4 Å². The van der Waals surface area contributed by atoms with Crippen LogP contribution in [0.3, 0.4) is 0 Å². The van der Waals surface area contributed by atoms with E-state index >= 15 is 0 Å². The van der Waals surface area contributed by atoms with Gasteiger partial charge in [-0.2, -0.15) is 0 Å². The van der Waals surface area contributed by atoms with Gasteiger partial charge in [-0.15, -0.1) is 0 Å². The van der Waals surface area contributed by atoms with Crippen LogP contribution in [0.25, 0.3) is 0 Å². The molecule has 0 aliphatic carbocycles. The number of carbonyl (C=O) groups is 6. The van der Waals surface area contributed by atoms with Gasteiger partial charge in [0.05, 0.1) is 5.56 Å². The van der Waals surface area contributed by atoms with Crippen LogP contribution in [0, 0.1) is 11.8 Å². The number of aromatic carboxylic acids is 1. The summed E-state index contributed by atoms with van der Waals surface area (Å²) in [6, 6.07) is 1.09. The molecule has 0 saturated carbocycles. The number of nitrogens with one attached hydrogen (secondary N) is 3. The molecule has 1 rings (SSSR count). The summed E-state index contributed by atoms with van der Waals surface area (Å²) in [6.07, 6.45) is -4.81. The molecule has 0 heterocycles. The molecule has 12 nitrogen and oxygen atoms in total. The van der Waals surface area contributed by atoms with Gasteiger partial charge in [0.15, 0.2) is 0 Å². The fourth-order valence-corrected chi connectivity index (χ4v) is 3.56. The number of aliphatic carboxylic acids is 1. The number of Topliss-reactive ketones (excluding diaryl/α,β-unsaturated/α-hetero) is 1. The summed E-state index contributed by atoms with van der Waals surface area (Å²) in [5.41, 5.74) is 0.544. The number of alkyl halides is 2. The third kappa shape index (κ3) is 11.3. The largest absolute Gasteiger partial charge is 0.478 e. The van der Waals surface area contributed by atoms with Crippen molar-refractivity contribution in [2.45, 2.75) is 78.1 Å². The highest BCUT2D eigenvalue weighted by atomic mass is 19.3. The number of carboxylic acids is 2. The zero-order chi connectivity index (χ0) is 30.6. The summed E-state index contributed by atoms with van der Waals surface area (Å²) in [6.45, 7) is 6.64. The first-order valence-corrected chi connectivity index (χ1v) is 12.6. The monoisotopic (exact) mass is 571 g/mol. The predicted molar refractivity (Wildman–Crippen MR) is 137 cm³/mol. The zero-order valence-corrected chi connectivity index (χ0v) is 22.6. The Balaban J connectivity index is 2.98. The van der Waals surface area contributed by atoms with Crippen molar-refractivity contribution in [3.63, 3.8) is 0 Å². The third-order valence-corrected chi connectivity index (χ3v) is 5.94. The molecule has 0 fully saturated rings. The first kappa shape index (κ1) is 33.9. The van der Waals surface area contributed by atoms with E-state index in [-0.39, 0.29) is 24.5 Å². The summed E-state index contributed by atoms with van der Waals surface area (Å²) in [5.74, 6) is -7.17. The van der Waals surface area contributed by atoms with E-state index in [4.69, 9.17) is 14.9 Å². The molecule has 1 aromatic rings. The second-order valence-electron chi connectivity index (χ2n) is 9.63. The minimum Gasteiger partial charge on any atom is -0.478 e. The topological polar surface area (TPSA) is 188 Å². The lowest BCUT2D eigenvalue weighted by Crippen LogP contribution is -2.58. The first-order chi connectivity index (χ1) is 18.7. The van der Waals surface area contributed by atoms with Crippen molar-refractivity contribution in [3.8, 4) is 0 Å². The Labute approximate surface area is 229 Å². The number of ether oxygens (including phenoxy) is 1. The summed E-state index contributed by atoms with van der Waals surface area (Å²) in [5, 5.41) is 24.8. The number of carbonyl (C=O) groups excluding carboxylic acids is 4. The Bertz CT molecular complexity index is 1060. The molecule has 14 heteroatoms. The Morgan fingerprint density at radius 1 is 0.850 bits per heavy atom. The Kier molecular flexibility index (Phi) is 13.7. The number of amides is 3. The van der Waals surface area contributed by atoms with Gasteiger partial charge in [0.25, 0.3) is 5.78 Å². The summed E-state index contributed by atoms with van der Waals surface area (Å²) in [4.78, 5) is 72.3. The molecular weight excluding hydrogens is 536 g/mol. The summed E-state index contributed by atoms with van der Waals surface area (Å²) < 4.78 is 31.0. The molecule has 1 aromatic carbocycles. The van der Waals surface area contributed by atoms with Crippen molar-refractivity contribution in [1.29, 1.82) is 0 Å². The Morgan fingerprint density at radius 3 is 1.90 bits per heavy atom. The van der Waals surface area contributed by atoms with Crippen molar-refractivity contribution < 1.29 is 52.5 Å². The van der Waals surface area contributed by atoms with E-state index in [2.05, 4.69) is 10.6 Å². The molecule has 4 atom stereocenters. The van der Waals surface area contributed by atoms with Crippen LogP contribution >= 0.6 is 0 Å². The van der Waals surface area contributed by atoms with Crippen LogP contribution in [0.15, 0.2) is 24.3 Å². The van der Waals surface area contributed by atoms with E-state index in [0.29, 0.717) is 12.0 Å². The van der Waals surface area contributed by atoms with Crippen molar-refractivity contribution in [1.82, 2.24) is 16.0 Å². The predicted octanol–water partition coefficient (Wildman–Crippen LogP) is 2.35. The SMILES string of the molecule is CCC(C)[C@H](NC(=O)OCc1ccc(C(=O)O)cc1)C(=O)N[C@@H](CC(C)C)C(=O)N[C@@H](CC(F)F)C(=O)C(=O)O. The molecule has 0 aliphatic rings. The van der Waals surface area contributed by atoms with Gasteiger partial charge < -0.3 is 30.9 Å². The number of hydrogen-bond donors (Lipinski definition) is 5. The molecule has 0 bridgehead atoms. The molecule has 0 radical (unpaired) electrons. The maximum atomic E-state index is 13.2. The van der Waals surface area contributed by atoms with E-state index in [9.17, 15) is 37.5 Å². The minimum absolute atomic E-state index is 0.0181. The van der Waals surface area contributed by atoms with Crippen molar-refractivity contribution in [3.05, 3.63) is 35.4 Å². The summed E-state index contributed by atoms with van der Waals surface area (Å²) >= 11 is 0. The van der Waals surface area contributed by atoms with Gasteiger partial charge in [-0.05, 0) is 36.0 Å². The van der Waals surface area contributed by atoms with Gasteiger partial charge in [0, 0.05) is 6.42 Å². The van der Waals surface area contributed by atoms with Crippen LogP contribution < -0.4 is 16.0 Å². The number of halogens is 2. The number of ketones is 1. The molecule has 222 valence electrons. The maximum Gasteiger partial charge on any atom is 0.408 e. The van der Waals surface area contributed by atoms with Crippen LogP contribution in [0.1, 0.15) is 62.9 Å². The first-order valence-electron chi connectivity index (χ1n) is 12.6. The summed E-state index contributed by atoms with van der Waals surface area (Å²) in [7, 11) is 0. The molecule has 0 spiro atoms. The standard InChI is InChI=1S/C26H35F2N3O9/c1-5-14(4)20(31-26(39)40-12-15-6-8-16(9-7-15)24(35)36)23(34)30-18(10-13(2)3)22(33)29-17(11-19(27)28)21(32)25(37)38/h6-9,13-14,17-20H,5,10-12H2,1-4H3,(H,29,33)(H,30,34)(H,31,39)(H,35,36)(H,37,38)/t14?,17-,18-,20-/m0/s1. The average molecular weight is 572 g/mol. The maximum absolute atomic E-state index is 13.2. The molecule has 0 saturated heterocycles. The Hall–Kier alpha value is -4.10. The number of alkyl carbamates (subject to hydrolysis) is 1. The lowest BCUT2D eigenvalue weighted by molar-refractivity contribution is -0.151. The normalized spacial score (nSPS) is 14.0. The second-order valence-corrected chi connectivity index (χ2v) is 9.63. The number of hydrogen-bond acceptors (Lipinski definition) is 7. The molecular formula is C26H35F2N3O9. The lowest BCUT2D eigenvalue weighted by atomic mass is 9.96. The lowest BCUT2D eigenvalue weighted by Gasteiger charge is -2.27. The van der Waals surface area contributed by atoms with E-state index in [1.165, 1.54) is 24.3 Å². The number of carboxylic acid groups (broad SMARTS) is 2. The van der Waals surface area contributed by atoms with Gasteiger partial charge in [-0.25, -0.2) is 23.2 Å². The van der Waals surface area contributed by atoms with Gasteiger partial charge in [0.1, 0.15) is 24.7 Å². The van der Waals surface area contributed by atoms with Crippen LogP contribution in [-0.2, 0) is 30.5 Å². The fraction of sp³-hybridized carbons (Fsp3) is 0.538. The molecule has 3 amide bonds. The van der Waals surface area contributed by atoms with Gasteiger partial charge in [0.2, 0.25) is 18.2 Å². The van der Waals surface area contributed by atoms with Crippen LogP contribution in [0.2, 0.25) is 0 Å². The highest BCUT2D eigenvalue weighted by Crippen LogP contribution is 2.13. The van der Waals surface area contributed by atoms with Crippen molar-refractivity contribution in [2.24, 2.45) is 11.8 Å². The molecule has 5 N–H and O–H groups in total. The third-order valence-electron chi connectivity index (χ3n) is 5.94. The fourth-order valence-electron chi connectivity index (χ4n) is 3.56. The van der Waals surface area contributed by atoms with Crippen LogP contribution in [0.5, 0.6) is 0 Å². The Morgan fingerprint density at radius 2 is 1.43 bits per heavy atom. The smallest absolute Gasteiger partial charge is 0.408 e. The quantitative estimate of drug-likeness (QED) is 0.186. The molecule has 1 unspecified atom stereocenters. The second kappa shape index (κ2) is 16.1. The van der Waals surface area contributed by atoms with E-state index in [1.807, 2.05) is 5.32 Å². The molecule has 0 aliphatic heterocycles. The van der Waals surface area contributed by atoms with E-state index < -0.39 is 72.5 Å². The number of rotatable bonds is 16.